The summed E-state index contributed by atoms with van der Waals surface area (Å²) in [4.78, 5) is 24.1. The van der Waals surface area contributed by atoms with Crippen molar-refractivity contribution in [3.63, 3.8) is 0 Å². The van der Waals surface area contributed by atoms with Gasteiger partial charge in [0.05, 0.1) is 0 Å². The van der Waals surface area contributed by atoms with Crippen LogP contribution in [-0.2, 0) is 24.4 Å². The van der Waals surface area contributed by atoms with Gasteiger partial charge in [-0.15, -0.1) is 0 Å². The summed E-state index contributed by atoms with van der Waals surface area (Å²) in [6.07, 6.45) is 5.92. The van der Waals surface area contributed by atoms with E-state index in [1.165, 1.54) is 16.7 Å². The number of hydrogen-bond acceptors (Lipinski definition) is 4. The molecule has 2 aliphatic rings. The van der Waals surface area contributed by atoms with E-state index >= 15 is 0 Å². The average molecular weight is 364 g/mol. The summed E-state index contributed by atoms with van der Waals surface area (Å²) in [7, 11) is 4.06. The first-order valence-corrected chi connectivity index (χ1v) is 9.80. The Kier molecular flexibility index (Phi) is 5.23. The molecule has 0 aliphatic carbocycles. The molecule has 27 heavy (non-hydrogen) atoms. The van der Waals surface area contributed by atoms with E-state index in [-0.39, 0.29) is 11.9 Å². The second kappa shape index (κ2) is 7.79. The summed E-state index contributed by atoms with van der Waals surface area (Å²) in [5.41, 5.74) is 4.98. The van der Waals surface area contributed by atoms with Crippen LogP contribution in [0.1, 0.15) is 41.1 Å². The number of rotatable bonds is 5. The maximum Gasteiger partial charge on any atom is 0.244 e. The van der Waals surface area contributed by atoms with Gasteiger partial charge in [0.25, 0.3) is 0 Å². The third kappa shape index (κ3) is 3.89. The van der Waals surface area contributed by atoms with Crippen molar-refractivity contribution >= 4 is 5.91 Å². The maximum absolute atomic E-state index is 13.4. The lowest BCUT2D eigenvalue weighted by Gasteiger charge is -2.30. The van der Waals surface area contributed by atoms with E-state index in [9.17, 15) is 4.79 Å². The van der Waals surface area contributed by atoms with Crippen LogP contribution >= 0.6 is 0 Å². The van der Waals surface area contributed by atoms with Gasteiger partial charge in [0.15, 0.2) is 0 Å². The van der Waals surface area contributed by atoms with E-state index in [0.29, 0.717) is 6.54 Å². The van der Waals surface area contributed by atoms with E-state index in [0.717, 1.165) is 44.6 Å². The molecular formula is C22H28N4O. The molecule has 3 heterocycles. The molecule has 5 nitrogen and oxygen atoms in total. The zero-order valence-electron chi connectivity index (χ0n) is 16.3. The van der Waals surface area contributed by atoms with Crippen LogP contribution in [0.5, 0.6) is 0 Å². The fourth-order valence-corrected chi connectivity index (χ4v) is 4.32. The molecule has 0 spiro atoms. The number of aromatic nitrogens is 1. The van der Waals surface area contributed by atoms with Crippen LogP contribution < -0.4 is 0 Å². The first-order chi connectivity index (χ1) is 13.1. The van der Waals surface area contributed by atoms with Gasteiger partial charge >= 0.3 is 0 Å². The molecule has 142 valence electrons. The van der Waals surface area contributed by atoms with Crippen molar-refractivity contribution in [2.75, 3.05) is 27.2 Å². The molecule has 1 aromatic heterocycles. The number of pyridine rings is 1. The van der Waals surface area contributed by atoms with Crippen LogP contribution in [0.4, 0.5) is 0 Å². The Morgan fingerprint density at radius 2 is 1.96 bits per heavy atom. The quantitative estimate of drug-likeness (QED) is 0.818. The molecule has 1 aromatic carbocycles. The minimum absolute atomic E-state index is 0.155. The van der Waals surface area contributed by atoms with Gasteiger partial charge < -0.3 is 4.90 Å². The lowest BCUT2D eigenvalue weighted by Crippen LogP contribution is -2.40. The lowest BCUT2D eigenvalue weighted by molar-refractivity contribution is -0.136. The van der Waals surface area contributed by atoms with Crippen molar-refractivity contribution in [2.45, 2.75) is 38.5 Å². The molecule has 0 radical (unpaired) electrons. The van der Waals surface area contributed by atoms with Crippen molar-refractivity contribution < 1.29 is 4.79 Å². The third-order valence-corrected chi connectivity index (χ3v) is 5.69. The van der Waals surface area contributed by atoms with Crippen LogP contribution in [0.3, 0.4) is 0 Å². The fraction of sp³-hybridized carbons (Fsp3) is 0.455. The average Bonchev–Trinajstić information content (AvgIpc) is 3.31. The first kappa shape index (κ1) is 18.1. The van der Waals surface area contributed by atoms with E-state index in [4.69, 9.17) is 0 Å². The number of amides is 1. The van der Waals surface area contributed by atoms with Gasteiger partial charge in [-0.3, -0.25) is 19.6 Å². The molecule has 0 unspecified atom stereocenters. The Balaban J connectivity index is 1.52. The molecule has 1 amide bonds. The zero-order chi connectivity index (χ0) is 18.8. The lowest BCUT2D eigenvalue weighted by atomic mass is 10.0. The zero-order valence-corrected chi connectivity index (χ0v) is 16.3. The predicted octanol–water partition coefficient (Wildman–Crippen LogP) is 2.82. The number of carbonyl (C=O) groups excluding carboxylic acids is 1. The van der Waals surface area contributed by atoms with Crippen molar-refractivity contribution in [3.05, 3.63) is 65.0 Å². The number of nitrogens with zero attached hydrogens (tertiary/aromatic N) is 4. The molecule has 2 aromatic rings. The molecular weight excluding hydrogens is 336 g/mol. The van der Waals surface area contributed by atoms with Gasteiger partial charge in [-0.2, -0.15) is 0 Å². The Morgan fingerprint density at radius 1 is 1.19 bits per heavy atom. The van der Waals surface area contributed by atoms with Crippen LogP contribution in [-0.4, -0.2) is 52.8 Å². The van der Waals surface area contributed by atoms with Crippen LogP contribution in [0.15, 0.2) is 42.7 Å². The molecule has 2 aliphatic heterocycles. The van der Waals surface area contributed by atoms with Crippen LogP contribution in [0.2, 0.25) is 0 Å². The fourth-order valence-electron chi connectivity index (χ4n) is 4.32. The number of likely N-dealkylation sites (N-methyl/N-ethyl adjacent to an activating group) is 1. The molecule has 1 atom stereocenters. The number of carbonyl (C=O) groups is 1. The Bertz CT molecular complexity index is 801. The highest BCUT2D eigenvalue weighted by atomic mass is 16.2. The maximum atomic E-state index is 13.4. The summed E-state index contributed by atoms with van der Waals surface area (Å²) >= 11 is 0. The Labute approximate surface area is 161 Å². The molecule has 0 N–H and O–H groups in total. The van der Waals surface area contributed by atoms with Gasteiger partial charge in [0, 0.05) is 39.1 Å². The standard InChI is InChI=1S/C22H28N4O/c1-24-15-19-8-7-17(12-20(19)16-24)14-25(2)22(27)21(26-10-3-4-11-26)18-6-5-9-23-13-18/h5-9,12-13,21H,3-4,10-11,14-16H2,1-2H3/t21-/m1/s1. The Morgan fingerprint density at radius 3 is 2.70 bits per heavy atom. The number of fused-ring (bicyclic) bond motifs is 1. The highest BCUT2D eigenvalue weighted by Gasteiger charge is 2.32. The van der Waals surface area contributed by atoms with Crippen molar-refractivity contribution in [3.8, 4) is 0 Å². The van der Waals surface area contributed by atoms with Crippen molar-refractivity contribution in [1.82, 2.24) is 19.7 Å². The number of benzene rings is 1. The Hall–Kier alpha value is -2.24. The number of hydrogen-bond donors (Lipinski definition) is 0. The second-order valence-corrected chi connectivity index (χ2v) is 7.90. The van der Waals surface area contributed by atoms with E-state index in [2.05, 4.69) is 40.0 Å². The largest absolute Gasteiger partial charge is 0.340 e. The summed E-state index contributed by atoms with van der Waals surface area (Å²) in [6, 6.07) is 10.3. The van der Waals surface area contributed by atoms with E-state index < -0.39 is 0 Å². The van der Waals surface area contributed by atoms with Gasteiger partial charge in [0.1, 0.15) is 6.04 Å². The molecule has 5 heteroatoms. The highest BCUT2D eigenvalue weighted by molar-refractivity contribution is 5.83. The third-order valence-electron chi connectivity index (χ3n) is 5.69. The normalized spacial score (nSPS) is 18.4. The van der Waals surface area contributed by atoms with E-state index in [1.807, 2.05) is 30.3 Å². The number of likely N-dealkylation sites (tertiary alicyclic amines) is 1. The smallest absolute Gasteiger partial charge is 0.244 e. The van der Waals surface area contributed by atoms with Gasteiger partial charge in [-0.1, -0.05) is 24.3 Å². The summed E-state index contributed by atoms with van der Waals surface area (Å²) in [5.74, 6) is 0.155. The van der Waals surface area contributed by atoms with E-state index in [1.54, 1.807) is 6.20 Å². The molecule has 1 fully saturated rings. The van der Waals surface area contributed by atoms with Crippen molar-refractivity contribution in [2.24, 2.45) is 0 Å². The summed E-state index contributed by atoms with van der Waals surface area (Å²) in [5, 5.41) is 0. The minimum Gasteiger partial charge on any atom is -0.340 e. The van der Waals surface area contributed by atoms with Gasteiger partial charge in [-0.25, -0.2) is 0 Å². The topological polar surface area (TPSA) is 39.7 Å². The van der Waals surface area contributed by atoms with Gasteiger partial charge in [-0.05, 0) is 61.3 Å². The molecule has 0 saturated carbocycles. The minimum atomic E-state index is -0.230. The van der Waals surface area contributed by atoms with Crippen molar-refractivity contribution in [1.29, 1.82) is 0 Å². The first-order valence-electron chi connectivity index (χ1n) is 9.80. The van der Waals surface area contributed by atoms with Crippen LogP contribution in [0.25, 0.3) is 0 Å². The van der Waals surface area contributed by atoms with Crippen LogP contribution in [0, 0.1) is 0 Å². The second-order valence-electron chi connectivity index (χ2n) is 7.90. The molecule has 0 bridgehead atoms. The monoisotopic (exact) mass is 364 g/mol. The summed E-state index contributed by atoms with van der Waals surface area (Å²) in [6.45, 7) is 4.60. The highest BCUT2D eigenvalue weighted by Crippen LogP contribution is 2.28. The predicted molar refractivity (Wildman–Crippen MR) is 106 cm³/mol. The SMILES string of the molecule is CN1Cc2ccc(CN(C)C(=O)[C@@H](c3cccnc3)N3CCCC3)cc2C1. The molecule has 4 rings (SSSR count). The summed E-state index contributed by atoms with van der Waals surface area (Å²) < 4.78 is 0. The van der Waals surface area contributed by atoms with Gasteiger partial charge in [0.2, 0.25) is 5.91 Å². The molecule has 1 saturated heterocycles.